The third kappa shape index (κ3) is 1.12. The van der Waals surface area contributed by atoms with E-state index in [9.17, 15) is 4.79 Å². The molecule has 1 heterocycles. The quantitative estimate of drug-likeness (QED) is 0.499. The van der Waals surface area contributed by atoms with Crippen LogP contribution in [-0.4, -0.2) is 18.7 Å². The fraction of sp³-hybridized carbons (Fsp3) is 0.800. The number of hydrogen-bond acceptors (Lipinski definition) is 2. The highest BCUT2D eigenvalue weighted by Crippen LogP contribution is 1.97. The maximum absolute atomic E-state index is 10.3. The first-order valence-corrected chi connectivity index (χ1v) is 2.72. The van der Waals surface area contributed by atoms with Gasteiger partial charge in [0.1, 0.15) is 0 Å². The molecule has 1 aliphatic rings. The summed E-state index contributed by atoms with van der Waals surface area (Å²) in [6.07, 6.45) is 0.634. The third-order valence-corrected chi connectivity index (χ3v) is 1.15. The average Bonchev–Trinajstić information content (AvgIpc) is 1.64. The van der Waals surface area contributed by atoms with Gasteiger partial charge in [0.05, 0.1) is 6.61 Å². The van der Waals surface area contributed by atoms with Crippen LogP contribution in [0.2, 0.25) is 0 Å². The van der Waals surface area contributed by atoms with E-state index in [-0.39, 0.29) is 12.1 Å². The van der Waals surface area contributed by atoms with Gasteiger partial charge in [0.15, 0.2) is 0 Å². The van der Waals surface area contributed by atoms with Gasteiger partial charge in [0.25, 0.3) is 0 Å². The predicted molar refractivity (Wildman–Crippen MR) is 28.6 cm³/mol. The van der Waals surface area contributed by atoms with Crippen LogP contribution in [0.25, 0.3) is 0 Å². The van der Waals surface area contributed by atoms with Gasteiger partial charge < -0.3 is 10.1 Å². The Balaban J connectivity index is 2.34. The Morgan fingerprint density at radius 1 is 1.88 bits per heavy atom. The summed E-state index contributed by atoms with van der Waals surface area (Å²) in [5, 5.41) is 2.62. The van der Waals surface area contributed by atoms with Crippen molar-refractivity contribution in [3.8, 4) is 0 Å². The zero-order chi connectivity index (χ0) is 5.98. The lowest BCUT2D eigenvalue weighted by molar-refractivity contribution is 0.118. The smallest absolute Gasteiger partial charge is 0.407 e. The predicted octanol–water partition coefficient (Wildman–Crippen LogP) is 0.505. The second kappa shape index (κ2) is 2.03. The second-order valence-electron chi connectivity index (χ2n) is 1.97. The van der Waals surface area contributed by atoms with Gasteiger partial charge in [-0.2, -0.15) is 0 Å². The van der Waals surface area contributed by atoms with E-state index < -0.39 is 0 Å². The van der Waals surface area contributed by atoms with Crippen molar-refractivity contribution in [2.75, 3.05) is 6.61 Å². The Hall–Kier alpha value is -0.730. The number of cyclic esters (lactones) is 1. The maximum Gasteiger partial charge on any atom is 0.407 e. The van der Waals surface area contributed by atoms with Gasteiger partial charge >= 0.3 is 6.09 Å². The van der Waals surface area contributed by atoms with Crippen LogP contribution >= 0.6 is 0 Å². The molecule has 0 spiro atoms. The number of nitrogens with one attached hydrogen (secondary N) is 1. The Bertz CT molecular complexity index is 103. The standard InChI is InChI=1S/C5H9NO2/c1-4-2-3-8-5(7)6-4/h4H,2-3H2,1H3,(H,6,7). The summed E-state index contributed by atoms with van der Waals surface area (Å²) >= 11 is 0. The SMILES string of the molecule is CC1CCOC(=O)N1. The number of ether oxygens (including phenoxy) is 1. The lowest BCUT2D eigenvalue weighted by Crippen LogP contribution is -2.38. The number of rotatable bonds is 0. The number of amides is 1. The molecular weight excluding hydrogens is 106 g/mol. The molecule has 1 rings (SSSR count). The topological polar surface area (TPSA) is 38.3 Å². The van der Waals surface area contributed by atoms with Crippen LogP contribution in [0.5, 0.6) is 0 Å². The molecule has 0 aliphatic carbocycles. The fourth-order valence-corrected chi connectivity index (χ4v) is 0.643. The average molecular weight is 115 g/mol. The molecule has 1 amide bonds. The van der Waals surface area contributed by atoms with Crippen LogP contribution in [0.1, 0.15) is 13.3 Å². The molecule has 3 heteroatoms. The molecule has 0 aromatic carbocycles. The zero-order valence-corrected chi connectivity index (χ0v) is 4.81. The maximum atomic E-state index is 10.3. The van der Waals surface area contributed by atoms with Gasteiger partial charge in [0.2, 0.25) is 0 Å². The Labute approximate surface area is 48.0 Å². The summed E-state index contributed by atoms with van der Waals surface area (Å²) in [6.45, 7) is 2.52. The largest absolute Gasteiger partial charge is 0.449 e. The first-order chi connectivity index (χ1) is 3.79. The van der Waals surface area contributed by atoms with Gasteiger partial charge in [-0.3, -0.25) is 0 Å². The van der Waals surface area contributed by atoms with Crippen molar-refractivity contribution < 1.29 is 9.53 Å². The summed E-state index contributed by atoms with van der Waals surface area (Å²) < 4.78 is 4.60. The molecule has 3 nitrogen and oxygen atoms in total. The highest BCUT2D eigenvalue weighted by atomic mass is 16.5. The Morgan fingerprint density at radius 3 is 3.00 bits per heavy atom. The molecule has 0 aromatic rings. The van der Waals surface area contributed by atoms with Crippen molar-refractivity contribution in [1.82, 2.24) is 5.32 Å². The van der Waals surface area contributed by atoms with Crippen molar-refractivity contribution in [1.29, 1.82) is 0 Å². The number of carbonyl (C=O) groups is 1. The van der Waals surface area contributed by atoms with E-state index in [1.165, 1.54) is 0 Å². The molecule has 46 valence electrons. The van der Waals surface area contributed by atoms with E-state index in [0.29, 0.717) is 6.61 Å². The molecular formula is C5H9NO2. The molecule has 0 radical (unpaired) electrons. The van der Waals surface area contributed by atoms with Gasteiger partial charge in [-0.25, -0.2) is 4.79 Å². The first kappa shape index (κ1) is 5.41. The normalized spacial score (nSPS) is 28.6. The summed E-state index contributed by atoms with van der Waals surface area (Å²) in [5.74, 6) is 0. The molecule has 0 saturated carbocycles. The lowest BCUT2D eigenvalue weighted by atomic mass is 10.2. The van der Waals surface area contributed by atoms with Gasteiger partial charge in [0, 0.05) is 12.5 Å². The molecule has 1 aliphatic heterocycles. The number of hydrogen-bond donors (Lipinski definition) is 1. The van der Waals surface area contributed by atoms with E-state index in [1.54, 1.807) is 0 Å². The minimum absolute atomic E-state index is 0.288. The molecule has 8 heavy (non-hydrogen) atoms. The van der Waals surface area contributed by atoms with Crippen molar-refractivity contribution >= 4 is 6.09 Å². The minimum atomic E-state index is -0.288. The zero-order valence-electron chi connectivity index (χ0n) is 4.81. The molecule has 0 aromatic heterocycles. The Kier molecular flexibility index (Phi) is 1.37. The first-order valence-electron chi connectivity index (χ1n) is 2.72. The van der Waals surface area contributed by atoms with Crippen molar-refractivity contribution in [3.63, 3.8) is 0 Å². The van der Waals surface area contributed by atoms with Crippen molar-refractivity contribution in [3.05, 3.63) is 0 Å². The number of alkyl carbamates (subject to hydrolysis) is 1. The lowest BCUT2D eigenvalue weighted by Gasteiger charge is -2.18. The second-order valence-corrected chi connectivity index (χ2v) is 1.97. The summed E-state index contributed by atoms with van der Waals surface area (Å²) in [6, 6.07) is 0.288. The number of carbonyl (C=O) groups excluding carboxylic acids is 1. The summed E-state index contributed by atoms with van der Waals surface area (Å²) in [4.78, 5) is 10.3. The molecule has 1 unspecified atom stereocenters. The monoisotopic (exact) mass is 115 g/mol. The van der Waals surface area contributed by atoms with Crippen molar-refractivity contribution in [2.24, 2.45) is 0 Å². The highest BCUT2D eigenvalue weighted by molar-refractivity contribution is 5.68. The molecule has 1 fully saturated rings. The summed E-state index contributed by atoms with van der Waals surface area (Å²) in [5.41, 5.74) is 0. The molecule has 1 saturated heterocycles. The van der Waals surface area contributed by atoms with E-state index in [1.807, 2.05) is 6.92 Å². The fourth-order valence-electron chi connectivity index (χ4n) is 0.643. The van der Waals surface area contributed by atoms with Gasteiger partial charge in [-0.1, -0.05) is 0 Å². The molecule has 1 atom stereocenters. The third-order valence-electron chi connectivity index (χ3n) is 1.15. The van der Waals surface area contributed by atoms with Gasteiger partial charge in [-0.15, -0.1) is 0 Å². The van der Waals surface area contributed by atoms with E-state index in [0.717, 1.165) is 6.42 Å². The van der Waals surface area contributed by atoms with E-state index in [2.05, 4.69) is 10.1 Å². The Morgan fingerprint density at radius 2 is 2.62 bits per heavy atom. The van der Waals surface area contributed by atoms with Gasteiger partial charge in [-0.05, 0) is 6.92 Å². The minimum Gasteiger partial charge on any atom is -0.449 e. The molecule has 0 bridgehead atoms. The van der Waals surface area contributed by atoms with E-state index in [4.69, 9.17) is 0 Å². The van der Waals surface area contributed by atoms with Crippen LogP contribution in [0.15, 0.2) is 0 Å². The van der Waals surface area contributed by atoms with Crippen LogP contribution in [0.3, 0.4) is 0 Å². The van der Waals surface area contributed by atoms with E-state index >= 15 is 0 Å². The van der Waals surface area contributed by atoms with Crippen molar-refractivity contribution in [2.45, 2.75) is 19.4 Å². The van der Waals surface area contributed by atoms with Crippen LogP contribution < -0.4 is 5.32 Å². The molecule has 1 N–H and O–H groups in total. The highest BCUT2D eigenvalue weighted by Gasteiger charge is 2.13. The van der Waals surface area contributed by atoms with Crippen LogP contribution in [0.4, 0.5) is 4.79 Å². The van der Waals surface area contributed by atoms with Crippen LogP contribution in [0, 0.1) is 0 Å². The summed E-state index contributed by atoms with van der Waals surface area (Å²) in [7, 11) is 0. The van der Waals surface area contributed by atoms with Crippen LogP contribution in [-0.2, 0) is 4.74 Å².